The first-order valence-electron chi connectivity index (χ1n) is 7.35. The number of rotatable bonds is 4. The molecular formula is C15H19N3O3S. The largest absolute Gasteiger partial charge is 0.467 e. The van der Waals surface area contributed by atoms with Crippen molar-refractivity contribution >= 4 is 22.5 Å². The summed E-state index contributed by atoms with van der Waals surface area (Å²) < 4.78 is 5.22. The predicted molar refractivity (Wildman–Crippen MR) is 83.9 cm³/mol. The highest BCUT2D eigenvalue weighted by Gasteiger charge is 2.31. The third-order valence-electron chi connectivity index (χ3n) is 3.84. The SMILES string of the molecule is Cc1cnc(NC(=O)N2CCCC2CC(O)c2ccco2)s1. The number of urea groups is 1. The second kappa shape index (κ2) is 6.50. The number of aliphatic hydroxyl groups excluding tert-OH is 1. The quantitative estimate of drug-likeness (QED) is 0.906. The van der Waals surface area contributed by atoms with Crippen molar-refractivity contribution in [3.63, 3.8) is 0 Å². The molecule has 2 unspecified atom stereocenters. The first-order chi connectivity index (χ1) is 10.6. The molecule has 2 amide bonds. The van der Waals surface area contributed by atoms with E-state index in [1.807, 2.05) is 6.92 Å². The molecule has 1 saturated heterocycles. The van der Waals surface area contributed by atoms with Crippen LogP contribution < -0.4 is 5.32 Å². The van der Waals surface area contributed by atoms with Gasteiger partial charge in [-0.3, -0.25) is 5.32 Å². The van der Waals surface area contributed by atoms with Crippen molar-refractivity contribution < 1.29 is 14.3 Å². The summed E-state index contributed by atoms with van der Waals surface area (Å²) in [6, 6.07) is 3.37. The fourth-order valence-corrected chi connectivity index (χ4v) is 3.43. The van der Waals surface area contributed by atoms with Crippen molar-refractivity contribution in [3.05, 3.63) is 35.2 Å². The molecule has 1 aliphatic heterocycles. The van der Waals surface area contributed by atoms with E-state index in [2.05, 4.69) is 10.3 Å². The highest BCUT2D eigenvalue weighted by molar-refractivity contribution is 7.15. The molecule has 7 heteroatoms. The summed E-state index contributed by atoms with van der Waals surface area (Å²) in [5.41, 5.74) is 0. The normalized spacial score (nSPS) is 19.4. The number of nitrogens with one attached hydrogen (secondary N) is 1. The maximum atomic E-state index is 12.4. The molecule has 0 aliphatic carbocycles. The van der Waals surface area contributed by atoms with Gasteiger partial charge in [-0.25, -0.2) is 9.78 Å². The topological polar surface area (TPSA) is 78.6 Å². The van der Waals surface area contributed by atoms with E-state index in [-0.39, 0.29) is 12.1 Å². The van der Waals surface area contributed by atoms with Gasteiger partial charge in [-0.15, -0.1) is 11.3 Å². The minimum absolute atomic E-state index is 0.0150. The van der Waals surface area contributed by atoms with E-state index in [0.29, 0.717) is 23.9 Å². The Bertz CT molecular complexity index is 626. The number of hydrogen-bond acceptors (Lipinski definition) is 5. The first-order valence-corrected chi connectivity index (χ1v) is 8.16. The van der Waals surface area contributed by atoms with Gasteiger partial charge in [-0.05, 0) is 31.9 Å². The van der Waals surface area contributed by atoms with E-state index in [0.717, 1.165) is 17.7 Å². The Morgan fingerprint density at radius 1 is 1.68 bits per heavy atom. The summed E-state index contributed by atoms with van der Waals surface area (Å²) in [5, 5.41) is 13.6. The second-order valence-corrected chi connectivity index (χ2v) is 6.70. The van der Waals surface area contributed by atoms with E-state index in [4.69, 9.17) is 4.42 Å². The van der Waals surface area contributed by atoms with Gasteiger partial charge in [0, 0.05) is 30.1 Å². The van der Waals surface area contributed by atoms with Gasteiger partial charge in [0.25, 0.3) is 0 Å². The molecule has 3 rings (SSSR count). The molecule has 0 aromatic carbocycles. The van der Waals surface area contributed by atoms with Crippen LogP contribution in [0.4, 0.5) is 9.93 Å². The lowest BCUT2D eigenvalue weighted by Gasteiger charge is -2.25. The van der Waals surface area contributed by atoms with Crippen LogP contribution in [0.5, 0.6) is 0 Å². The summed E-state index contributed by atoms with van der Waals surface area (Å²) in [6.45, 7) is 2.65. The average Bonchev–Trinajstić information content (AvgIpc) is 3.20. The maximum absolute atomic E-state index is 12.4. The number of carbonyl (C=O) groups is 1. The van der Waals surface area contributed by atoms with Crippen LogP contribution in [0.1, 0.15) is 36.0 Å². The van der Waals surface area contributed by atoms with Crippen molar-refractivity contribution in [3.8, 4) is 0 Å². The predicted octanol–water partition coefficient (Wildman–Crippen LogP) is 3.16. The minimum atomic E-state index is -0.685. The second-order valence-electron chi connectivity index (χ2n) is 5.46. The molecule has 0 saturated carbocycles. The third-order valence-corrected chi connectivity index (χ3v) is 4.67. The number of likely N-dealkylation sites (tertiary alicyclic amines) is 1. The fourth-order valence-electron chi connectivity index (χ4n) is 2.78. The van der Waals surface area contributed by atoms with Crippen LogP contribution in [-0.2, 0) is 0 Å². The van der Waals surface area contributed by atoms with Crippen LogP contribution in [0.2, 0.25) is 0 Å². The summed E-state index contributed by atoms with van der Waals surface area (Å²) in [6.07, 6.45) is 4.92. The van der Waals surface area contributed by atoms with Crippen LogP contribution in [0.25, 0.3) is 0 Å². The Labute approximate surface area is 132 Å². The van der Waals surface area contributed by atoms with Crippen molar-refractivity contribution in [1.82, 2.24) is 9.88 Å². The Balaban J connectivity index is 1.61. The van der Waals surface area contributed by atoms with Crippen LogP contribution in [0.3, 0.4) is 0 Å². The first kappa shape index (κ1) is 15.1. The molecule has 3 heterocycles. The molecule has 0 radical (unpaired) electrons. The van der Waals surface area contributed by atoms with E-state index in [9.17, 15) is 9.90 Å². The molecule has 2 atom stereocenters. The van der Waals surface area contributed by atoms with Gasteiger partial charge in [-0.1, -0.05) is 0 Å². The van der Waals surface area contributed by atoms with E-state index in [1.165, 1.54) is 11.3 Å². The van der Waals surface area contributed by atoms with Gasteiger partial charge < -0.3 is 14.4 Å². The van der Waals surface area contributed by atoms with Crippen molar-refractivity contribution in [2.45, 2.75) is 38.3 Å². The molecule has 2 aromatic heterocycles. The van der Waals surface area contributed by atoms with Gasteiger partial charge in [0.1, 0.15) is 11.9 Å². The Morgan fingerprint density at radius 2 is 2.55 bits per heavy atom. The minimum Gasteiger partial charge on any atom is -0.467 e. The number of aromatic nitrogens is 1. The summed E-state index contributed by atoms with van der Waals surface area (Å²) >= 11 is 1.45. The molecule has 6 nitrogen and oxygen atoms in total. The monoisotopic (exact) mass is 321 g/mol. The number of hydrogen-bond donors (Lipinski definition) is 2. The van der Waals surface area contributed by atoms with Crippen LogP contribution in [-0.4, -0.2) is 33.6 Å². The number of anilines is 1. The molecule has 118 valence electrons. The Kier molecular flexibility index (Phi) is 4.44. The van der Waals surface area contributed by atoms with Gasteiger partial charge in [0.15, 0.2) is 5.13 Å². The molecule has 0 bridgehead atoms. The molecule has 2 aromatic rings. The number of amides is 2. The van der Waals surface area contributed by atoms with E-state index in [1.54, 1.807) is 29.5 Å². The number of aliphatic hydroxyl groups is 1. The highest BCUT2D eigenvalue weighted by atomic mass is 32.1. The molecule has 22 heavy (non-hydrogen) atoms. The fraction of sp³-hybridized carbons (Fsp3) is 0.467. The van der Waals surface area contributed by atoms with Gasteiger partial charge in [-0.2, -0.15) is 0 Å². The number of thiazole rings is 1. The number of furan rings is 1. The summed E-state index contributed by atoms with van der Waals surface area (Å²) in [7, 11) is 0. The molecule has 0 spiro atoms. The number of aryl methyl sites for hydroxylation is 1. The van der Waals surface area contributed by atoms with Crippen LogP contribution in [0.15, 0.2) is 29.0 Å². The zero-order valence-electron chi connectivity index (χ0n) is 12.4. The zero-order chi connectivity index (χ0) is 15.5. The average molecular weight is 321 g/mol. The molecular weight excluding hydrogens is 302 g/mol. The van der Waals surface area contributed by atoms with E-state index >= 15 is 0 Å². The zero-order valence-corrected chi connectivity index (χ0v) is 13.2. The van der Waals surface area contributed by atoms with Gasteiger partial charge >= 0.3 is 6.03 Å². The van der Waals surface area contributed by atoms with Crippen LogP contribution in [0, 0.1) is 6.92 Å². The highest BCUT2D eigenvalue weighted by Crippen LogP contribution is 2.28. The van der Waals surface area contributed by atoms with Crippen molar-refractivity contribution in [2.24, 2.45) is 0 Å². The standard InChI is InChI=1S/C15H19N3O3S/c1-10-9-16-14(22-10)17-15(20)18-6-2-4-11(18)8-12(19)13-5-3-7-21-13/h3,5,7,9,11-12,19H,2,4,6,8H2,1H3,(H,16,17,20). The lowest BCUT2D eigenvalue weighted by Crippen LogP contribution is -2.39. The Morgan fingerprint density at radius 3 is 3.23 bits per heavy atom. The third kappa shape index (κ3) is 3.31. The number of carbonyl (C=O) groups excluding carboxylic acids is 1. The van der Waals surface area contributed by atoms with Crippen LogP contribution >= 0.6 is 11.3 Å². The lowest BCUT2D eigenvalue weighted by atomic mass is 10.1. The Hall–Kier alpha value is -1.86. The summed E-state index contributed by atoms with van der Waals surface area (Å²) in [4.78, 5) is 19.4. The van der Waals surface area contributed by atoms with Gasteiger partial charge in [0.05, 0.1) is 6.26 Å². The molecule has 1 fully saturated rings. The number of nitrogens with zero attached hydrogens (tertiary/aromatic N) is 2. The van der Waals surface area contributed by atoms with Gasteiger partial charge in [0.2, 0.25) is 0 Å². The molecule has 1 aliphatic rings. The van der Waals surface area contributed by atoms with Crippen molar-refractivity contribution in [2.75, 3.05) is 11.9 Å². The lowest BCUT2D eigenvalue weighted by molar-refractivity contribution is 0.110. The van der Waals surface area contributed by atoms with Crippen molar-refractivity contribution in [1.29, 1.82) is 0 Å². The summed E-state index contributed by atoms with van der Waals surface area (Å²) in [5.74, 6) is 0.544. The maximum Gasteiger partial charge on any atom is 0.323 e. The molecule has 2 N–H and O–H groups in total. The van der Waals surface area contributed by atoms with E-state index < -0.39 is 6.10 Å². The smallest absolute Gasteiger partial charge is 0.323 e.